The van der Waals surface area contributed by atoms with Crippen LogP contribution in [0.3, 0.4) is 0 Å². The molecule has 1 heteroatoms. The van der Waals surface area contributed by atoms with Crippen molar-refractivity contribution in [1.82, 2.24) is 0 Å². The van der Waals surface area contributed by atoms with Gasteiger partial charge in [0, 0.05) is 22.7 Å². The van der Waals surface area contributed by atoms with Crippen LogP contribution in [0.4, 0.5) is 5.69 Å². The normalized spacial score (nSPS) is 15.1. The van der Waals surface area contributed by atoms with Crippen molar-refractivity contribution in [2.75, 3.05) is 5.32 Å². The van der Waals surface area contributed by atoms with Gasteiger partial charge in [0.25, 0.3) is 0 Å². The Labute approximate surface area is 332 Å². The second kappa shape index (κ2) is 16.0. The van der Waals surface area contributed by atoms with Gasteiger partial charge in [0.15, 0.2) is 0 Å². The van der Waals surface area contributed by atoms with Crippen molar-refractivity contribution in [3.8, 4) is 44.5 Å². The van der Waals surface area contributed by atoms with Gasteiger partial charge in [-0.25, -0.2) is 0 Å². The summed E-state index contributed by atoms with van der Waals surface area (Å²) < 4.78 is 0. The maximum absolute atomic E-state index is 3.72. The van der Waals surface area contributed by atoms with Crippen LogP contribution in [0.15, 0.2) is 225 Å². The van der Waals surface area contributed by atoms with Crippen LogP contribution >= 0.6 is 0 Å². The molecule has 0 fully saturated rings. The third-order valence-corrected chi connectivity index (χ3v) is 11.3. The maximum atomic E-state index is 3.72. The van der Waals surface area contributed by atoms with Crippen molar-refractivity contribution >= 4 is 16.5 Å². The molecule has 0 amide bonds. The Kier molecular flexibility index (Phi) is 10.3. The van der Waals surface area contributed by atoms with Gasteiger partial charge in [-0.2, -0.15) is 0 Å². The fraction of sp³-hybridized carbons (Fsp3) is 0.0909. The fourth-order valence-corrected chi connectivity index (χ4v) is 8.21. The Hall–Kier alpha value is -6.70. The highest BCUT2D eigenvalue weighted by molar-refractivity contribution is 5.87. The van der Waals surface area contributed by atoms with E-state index in [9.17, 15) is 0 Å². The summed E-state index contributed by atoms with van der Waals surface area (Å²) in [5.74, 6) is 0.427. The molecule has 272 valence electrons. The van der Waals surface area contributed by atoms with E-state index in [4.69, 9.17) is 0 Å². The summed E-state index contributed by atoms with van der Waals surface area (Å²) in [5, 5.41) is 6.27. The molecule has 7 aromatic carbocycles. The third-order valence-electron chi connectivity index (χ3n) is 11.3. The van der Waals surface area contributed by atoms with E-state index < -0.39 is 0 Å². The Morgan fingerprint density at radius 1 is 0.518 bits per heavy atom. The molecule has 0 saturated heterocycles. The Balaban J connectivity index is 0.000000684. The first kappa shape index (κ1) is 36.3. The van der Waals surface area contributed by atoms with E-state index in [0.717, 1.165) is 12.1 Å². The highest BCUT2D eigenvalue weighted by Crippen LogP contribution is 2.54. The Morgan fingerprint density at radius 2 is 1.00 bits per heavy atom. The van der Waals surface area contributed by atoms with Crippen molar-refractivity contribution in [3.63, 3.8) is 0 Å². The molecule has 0 saturated carbocycles. The van der Waals surface area contributed by atoms with E-state index in [-0.39, 0.29) is 5.41 Å². The Morgan fingerprint density at radius 3 is 1.61 bits per heavy atom. The number of hydrogen-bond acceptors (Lipinski definition) is 1. The van der Waals surface area contributed by atoms with Gasteiger partial charge in [0.2, 0.25) is 0 Å². The van der Waals surface area contributed by atoms with Crippen LogP contribution < -0.4 is 5.32 Å². The SMILES string of the molecule is C=C/C=C\C=C.CC1(C)C2=CC(Nc3ccc(-c4ccc(-c5ccccc5)cc4)cc3)=CCC2c2ccc(-c3ccc(-c4ccc5ccccc5c4)cc3)cc21. The average Bonchev–Trinajstić information content (AvgIpc) is 3.48. The van der Waals surface area contributed by atoms with Crippen LogP contribution in [0.1, 0.15) is 37.3 Å². The quantitative estimate of drug-likeness (QED) is 0.154. The molecule has 0 aromatic heterocycles. The van der Waals surface area contributed by atoms with Crippen LogP contribution in [0.2, 0.25) is 0 Å². The average molecular weight is 722 g/mol. The zero-order valence-corrected chi connectivity index (χ0v) is 32.3. The largest absolute Gasteiger partial charge is 0.356 e. The van der Waals surface area contributed by atoms with Crippen LogP contribution in [-0.2, 0) is 5.41 Å². The maximum Gasteiger partial charge on any atom is 0.0384 e. The van der Waals surface area contributed by atoms with E-state index in [1.54, 1.807) is 12.2 Å². The second-order valence-electron chi connectivity index (χ2n) is 15.1. The van der Waals surface area contributed by atoms with Gasteiger partial charge in [-0.3, -0.25) is 0 Å². The third kappa shape index (κ3) is 7.50. The molecule has 0 aliphatic heterocycles. The predicted octanol–water partition coefficient (Wildman–Crippen LogP) is 15.1. The van der Waals surface area contributed by atoms with Crippen LogP contribution in [-0.4, -0.2) is 0 Å². The summed E-state index contributed by atoms with van der Waals surface area (Å²) in [6.07, 6.45) is 12.9. The van der Waals surface area contributed by atoms with Gasteiger partial charge >= 0.3 is 0 Å². The molecule has 0 bridgehead atoms. The lowest BCUT2D eigenvalue weighted by Gasteiger charge is -2.27. The van der Waals surface area contributed by atoms with Gasteiger partial charge in [-0.05, 0) is 103 Å². The van der Waals surface area contributed by atoms with Crippen molar-refractivity contribution in [3.05, 3.63) is 236 Å². The highest BCUT2D eigenvalue weighted by Gasteiger charge is 2.42. The van der Waals surface area contributed by atoms with Crippen molar-refractivity contribution in [2.24, 2.45) is 0 Å². The standard InChI is InChI=1S/C49H39N.C6H8/c1-49(2)47-31-42(39-18-16-38(17-19-39)41-21-20-34-10-6-7-11-40(34)30-41)24-28-45(47)46-29-27-44(32-48(46)49)50-43-25-22-37(23-26-43)36-14-12-35(13-15-36)33-8-4-3-5-9-33;1-3-5-6-4-2/h3-28,30-32,46,50H,29H2,1-2H3;3-6H,1-2H2/b;6-5-. The monoisotopic (exact) mass is 721 g/mol. The second-order valence-corrected chi connectivity index (χ2v) is 15.1. The van der Waals surface area contributed by atoms with E-state index >= 15 is 0 Å². The van der Waals surface area contributed by atoms with Crippen LogP contribution in [0.5, 0.6) is 0 Å². The summed E-state index contributed by atoms with van der Waals surface area (Å²) >= 11 is 0. The van der Waals surface area contributed by atoms with Gasteiger partial charge in [-0.15, -0.1) is 0 Å². The summed E-state index contributed by atoms with van der Waals surface area (Å²) in [4.78, 5) is 0. The van der Waals surface area contributed by atoms with E-state index in [2.05, 4.69) is 208 Å². The molecule has 1 N–H and O–H groups in total. The zero-order valence-electron chi connectivity index (χ0n) is 32.3. The number of fused-ring (bicyclic) bond motifs is 4. The highest BCUT2D eigenvalue weighted by atomic mass is 14.9. The minimum Gasteiger partial charge on any atom is -0.356 e. The van der Waals surface area contributed by atoms with Crippen molar-refractivity contribution in [2.45, 2.75) is 31.6 Å². The molecular formula is C55H47N. The van der Waals surface area contributed by atoms with Gasteiger partial charge in [0.1, 0.15) is 0 Å². The summed E-state index contributed by atoms with van der Waals surface area (Å²) in [5.41, 5.74) is 16.6. The first-order valence-corrected chi connectivity index (χ1v) is 19.5. The summed E-state index contributed by atoms with van der Waals surface area (Å²) in [7, 11) is 0. The molecule has 1 unspecified atom stereocenters. The molecule has 7 aromatic rings. The van der Waals surface area contributed by atoms with Gasteiger partial charge < -0.3 is 5.32 Å². The zero-order chi connectivity index (χ0) is 38.5. The number of allylic oxidation sites excluding steroid dienone is 7. The summed E-state index contributed by atoms with van der Waals surface area (Å²) in [6, 6.07) is 59.7. The molecule has 1 atom stereocenters. The smallest absolute Gasteiger partial charge is 0.0384 e. The molecule has 1 nitrogen and oxygen atoms in total. The molecular weight excluding hydrogens is 675 g/mol. The van der Waals surface area contributed by atoms with Crippen molar-refractivity contribution < 1.29 is 0 Å². The fourth-order valence-electron chi connectivity index (χ4n) is 8.21. The molecule has 56 heavy (non-hydrogen) atoms. The lowest BCUT2D eigenvalue weighted by Crippen LogP contribution is -2.19. The Bertz CT molecular complexity index is 2590. The molecule has 0 radical (unpaired) electrons. The predicted molar refractivity (Wildman–Crippen MR) is 242 cm³/mol. The minimum atomic E-state index is -0.0436. The number of anilines is 1. The minimum absolute atomic E-state index is 0.0436. The van der Waals surface area contributed by atoms with Gasteiger partial charge in [-0.1, -0.05) is 202 Å². The van der Waals surface area contributed by atoms with Crippen LogP contribution in [0, 0.1) is 0 Å². The molecule has 2 aliphatic rings. The molecule has 0 heterocycles. The van der Waals surface area contributed by atoms with E-state index in [0.29, 0.717) is 5.92 Å². The lowest BCUT2D eigenvalue weighted by atomic mass is 9.78. The summed E-state index contributed by atoms with van der Waals surface area (Å²) in [6.45, 7) is 11.7. The molecule has 9 rings (SSSR count). The topological polar surface area (TPSA) is 12.0 Å². The first-order chi connectivity index (χ1) is 27.4. The number of benzene rings is 7. The van der Waals surface area contributed by atoms with Gasteiger partial charge in [0.05, 0.1) is 0 Å². The number of hydrogen-bond donors (Lipinski definition) is 1. The first-order valence-electron chi connectivity index (χ1n) is 19.5. The number of rotatable bonds is 8. The van der Waals surface area contributed by atoms with Crippen LogP contribution in [0.25, 0.3) is 55.3 Å². The molecule has 2 aliphatic carbocycles. The number of nitrogens with one attached hydrogen (secondary N) is 1. The lowest BCUT2D eigenvalue weighted by molar-refractivity contribution is 0.610. The van der Waals surface area contributed by atoms with E-state index in [1.807, 2.05) is 12.2 Å². The van der Waals surface area contributed by atoms with E-state index in [1.165, 1.54) is 77.7 Å². The van der Waals surface area contributed by atoms with Crippen molar-refractivity contribution in [1.29, 1.82) is 0 Å². The molecule has 0 spiro atoms.